The molecule has 2 N–H and O–H groups in total. The van der Waals surface area contributed by atoms with Gasteiger partial charge in [-0.1, -0.05) is 29.3 Å². The monoisotopic (exact) mass is 536 g/mol. The third-order valence-electron chi connectivity index (χ3n) is 6.60. The Morgan fingerprint density at radius 3 is 2.73 bits per heavy atom. The fourth-order valence-electron chi connectivity index (χ4n) is 4.80. The Balaban J connectivity index is 1.33. The number of anilines is 4. The van der Waals surface area contributed by atoms with Gasteiger partial charge in [-0.05, 0) is 36.8 Å². The van der Waals surface area contributed by atoms with E-state index in [1.54, 1.807) is 13.2 Å². The first-order valence-corrected chi connectivity index (χ1v) is 13.0. The van der Waals surface area contributed by atoms with Crippen molar-refractivity contribution < 1.29 is 4.74 Å². The van der Waals surface area contributed by atoms with Crippen LogP contribution in [0.5, 0.6) is 5.88 Å². The molecule has 0 saturated carbocycles. The maximum absolute atomic E-state index is 6.56. The molecule has 0 radical (unpaired) electrons. The third-order valence-corrected chi connectivity index (χ3v) is 7.14. The van der Waals surface area contributed by atoms with E-state index in [9.17, 15) is 0 Å². The van der Waals surface area contributed by atoms with Crippen molar-refractivity contribution in [3.63, 3.8) is 0 Å². The first-order chi connectivity index (χ1) is 18.1. The molecule has 6 rings (SSSR count). The van der Waals surface area contributed by atoms with Gasteiger partial charge in [-0.25, -0.2) is 4.98 Å². The highest BCUT2D eigenvalue weighted by Crippen LogP contribution is 2.38. The zero-order valence-corrected chi connectivity index (χ0v) is 21.9. The van der Waals surface area contributed by atoms with Crippen molar-refractivity contribution in [2.24, 2.45) is 4.99 Å². The lowest BCUT2D eigenvalue weighted by atomic mass is 9.97. The van der Waals surface area contributed by atoms with Gasteiger partial charge in [0.1, 0.15) is 23.2 Å². The fourth-order valence-corrected chi connectivity index (χ4v) is 5.31. The van der Waals surface area contributed by atoms with Crippen molar-refractivity contribution in [2.75, 3.05) is 61.5 Å². The molecule has 2 aromatic heterocycles. The molecule has 3 aliphatic heterocycles. The number of pyridine rings is 1. The largest absolute Gasteiger partial charge is 0.479 e. The van der Waals surface area contributed by atoms with Crippen molar-refractivity contribution in [3.8, 4) is 5.88 Å². The highest BCUT2D eigenvalue weighted by molar-refractivity contribution is 6.41. The van der Waals surface area contributed by atoms with Gasteiger partial charge >= 0.3 is 0 Å². The zero-order chi connectivity index (χ0) is 25.4. The second kappa shape index (κ2) is 10.2. The molecule has 3 aliphatic rings. The summed E-state index contributed by atoms with van der Waals surface area (Å²) in [6.07, 6.45) is 4.79. The van der Waals surface area contributed by atoms with Gasteiger partial charge in [0.05, 0.1) is 12.1 Å². The van der Waals surface area contributed by atoms with E-state index in [2.05, 4.69) is 25.4 Å². The summed E-state index contributed by atoms with van der Waals surface area (Å²) >= 11 is 12.7. The number of rotatable bonds is 5. The van der Waals surface area contributed by atoms with Crippen LogP contribution in [-0.2, 0) is 0 Å². The average molecular weight is 537 g/mol. The normalized spacial score (nSPS) is 16.9. The number of nitrogens with one attached hydrogen (secondary N) is 2. The van der Waals surface area contributed by atoms with Crippen LogP contribution < -0.4 is 25.2 Å². The van der Waals surface area contributed by atoms with Gasteiger partial charge in [0.2, 0.25) is 11.8 Å². The minimum atomic E-state index is 0.458. The van der Waals surface area contributed by atoms with Gasteiger partial charge < -0.3 is 25.2 Å². The van der Waals surface area contributed by atoms with Gasteiger partial charge in [0, 0.05) is 67.2 Å². The molecule has 0 aliphatic carbocycles. The Hall–Kier alpha value is -3.40. The molecular weight excluding hydrogens is 511 g/mol. The summed E-state index contributed by atoms with van der Waals surface area (Å²) in [6, 6.07) is 9.47. The zero-order valence-electron chi connectivity index (χ0n) is 20.3. The molecule has 3 aromatic rings. The third kappa shape index (κ3) is 4.70. The summed E-state index contributed by atoms with van der Waals surface area (Å²) < 4.78 is 5.60. The van der Waals surface area contributed by atoms with Gasteiger partial charge in [0.25, 0.3) is 0 Å². The second-order valence-electron chi connectivity index (χ2n) is 8.95. The van der Waals surface area contributed by atoms with Crippen molar-refractivity contribution >= 4 is 64.0 Å². The van der Waals surface area contributed by atoms with Crippen LogP contribution in [0.4, 0.5) is 23.3 Å². The molecule has 0 unspecified atom stereocenters. The molecule has 1 saturated heterocycles. The predicted molar refractivity (Wildman–Crippen MR) is 150 cm³/mol. The number of piperazine rings is 1. The number of fused-ring (bicyclic) bond motifs is 3. The molecule has 0 atom stereocenters. The van der Waals surface area contributed by atoms with E-state index in [1.165, 1.54) is 0 Å². The highest BCUT2D eigenvalue weighted by atomic mass is 35.5. The Kier molecular flexibility index (Phi) is 6.58. The number of halogens is 2. The first kappa shape index (κ1) is 24.0. The average Bonchev–Trinajstić information content (AvgIpc) is 2.93. The summed E-state index contributed by atoms with van der Waals surface area (Å²) in [6.45, 7) is 5.25. The lowest BCUT2D eigenvalue weighted by molar-refractivity contribution is 0.399. The first-order valence-electron chi connectivity index (χ1n) is 12.2. The molecule has 5 heterocycles. The summed E-state index contributed by atoms with van der Waals surface area (Å²) in [5, 5.41) is 7.83. The number of ether oxygens (including phenoxy) is 1. The molecule has 0 spiro atoms. The van der Waals surface area contributed by atoms with E-state index in [0.717, 1.165) is 79.9 Å². The van der Waals surface area contributed by atoms with E-state index in [-0.39, 0.29) is 0 Å². The van der Waals surface area contributed by atoms with Crippen molar-refractivity contribution in [2.45, 2.75) is 6.42 Å². The predicted octanol–water partition coefficient (Wildman–Crippen LogP) is 4.50. The molecule has 190 valence electrons. The Bertz CT molecular complexity index is 1400. The van der Waals surface area contributed by atoms with E-state index >= 15 is 0 Å². The SMILES string of the molecule is COc1nc(N2CCNCC2)ccc1Nc1ncc2c(n1)N1CCCN=C1C(c1ccc(Cl)cc1Cl)=C2. The standard InChI is InChI=1S/C26H26Cl2N8O/c1-37-25-21(5-6-22(33-25)35-11-8-29-9-12-35)32-26-31-15-16-13-19(18-4-3-17(27)14-20(18)28)24-30-7-2-10-36(24)23(16)34-26/h3-6,13-15,29H,2,7-12H2,1H3,(H,31,32,34). The number of nitrogens with zero attached hydrogens (tertiary/aromatic N) is 6. The molecule has 37 heavy (non-hydrogen) atoms. The van der Waals surface area contributed by atoms with Crippen LogP contribution in [0.2, 0.25) is 10.0 Å². The molecule has 1 fully saturated rings. The molecule has 1 aromatic carbocycles. The summed E-state index contributed by atoms with van der Waals surface area (Å²) in [4.78, 5) is 23.4. The van der Waals surface area contributed by atoms with Crippen LogP contribution in [-0.4, -0.2) is 67.2 Å². The van der Waals surface area contributed by atoms with Crippen molar-refractivity contribution in [3.05, 3.63) is 57.7 Å². The molecular formula is C26H26Cl2N8O. The van der Waals surface area contributed by atoms with E-state index in [1.807, 2.05) is 36.5 Å². The molecule has 11 heteroatoms. The van der Waals surface area contributed by atoms with E-state index in [4.69, 9.17) is 42.9 Å². The number of aliphatic imine (C=N–C) groups is 1. The van der Waals surface area contributed by atoms with Crippen molar-refractivity contribution in [1.29, 1.82) is 0 Å². The van der Waals surface area contributed by atoms with Crippen LogP contribution in [0, 0.1) is 0 Å². The summed E-state index contributed by atoms with van der Waals surface area (Å²) in [5.74, 6) is 3.50. The number of benzene rings is 1. The van der Waals surface area contributed by atoms with Gasteiger partial charge in [0.15, 0.2) is 0 Å². The number of hydrogen-bond acceptors (Lipinski definition) is 9. The number of aromatic nitrogens is 3. The summed E-state index contributed by atoms with van der Waals surface area (Å²) in [5.41, 5.74) is 3.41. The minimum Gasteiger partial charge on any atom is -0.479 e. The lowest BCUT2D eigenvalue weighted by Crippen LogP contribution is -2.43. The number of methoxy groups -OCH3 is 1. The molecule has 0 bridgehead atoms. The fraction of sp³-hybridized carbons (Fsp3) is 0.308. The van der Waals surface area contributed by atoms with Gasteiger partial charge in [-0.2, -0.15) is 9.97 Å². The molecule has 9 nitrogen and oxygen atoms in total. The maximum atomic E-state index is 6.56. The number of amidine groups is 1. The number of hydrogen-bond donors (Lipinski definition) is 2. The van der Waals surface area contributed by atoms with Crippen LogP contribution in [0.1, 0.15) is 17.5 Å². The van der Waals surface area contributed by atoms with E-state index < -0.39 is 0 Å². The summed E-state index contributed by atoms with van der Waals surface area (Å²) in [7, 11) is 1.62. The smallest absolute Gasteiger partial charge is 0.239 e. The second-order valence-corrected chi connectivity index (χ2v) is 9.80. The van der Waals surface area contributed by atoms with E-state index in [0.29, 0.717) is 27.6 Å². The van der Waals surface area contributed by atoms with Crippen LogP contribution in [0.15, 0.2) is 41.5 Å². The highest BCUT2D eigenvalue weighted by Gasteiger charge is 2.30. The Labute approximate surface area is 225 Å². The van der Waals surface area contributed by atoms with Crippen LogP contribution in [0.25, 0.3) is 11.6 Å². The maximum Gasteiger partial charge on any atom is 0.239 e. The Morgan fingerprint density at radius 1 is 1.05 bits per heavy atom. The lowest BCUT2D eigenvalue weighted by Gasteiger charge is -2.34. The van der Waals surface area contributed by atoms with Gasteiger partial charge in [-0.3, -0.25) is 4.99 Å². The molecule has 0 amide bonds. The minimum absolute atomic E-state index is 0.458. The van der Waals surface area contributed by atoms with Crippen molar-refractivity contribution in [1.82, 2.24) is 20.3 Å². The van der Waals surface area contributed by atoms with Crippen LogP contribution >= 0.6 is 23.2 Å². The van der Waals surface area contributed by atoms with Crippen LogP contribution in [0.3, 0.4) is 0 Å². The Morgan fingerprint density at radius 2 is 1.92 bits per heavy atom. The topological polar surface area (TPSA) is 90.8 Å². The van der Waals surface area contributed by atoms with Gasteiger partial charge in [-0.15, -0.1) is 0 Å². The quantitative estimate of drug-likeness (QED) is 0.492.